The van der Waals surface area contributed by atoms with Crippen molar-refractivity contribution in [2.45, 2.75) is 38.1 Å². The highest BCUT2D eigenvalue weighted by molar-refractivity contribution is 6.29. The first-order chi connectivity index (χ1) is 8.78. The summed E-state index contributed by atoms with van der Waals surface area (Å²) in [5.41, 5.74) is 1.14. The summed E-state index contributed by atoms with van der Waals surface area (Å²) in [4.78, 5) is 4.17. The minimum Gasteiger partial charge on any atom is -0.381 e. The molecule has 4 bridgehead atoms. The van der Waals surface area contributed by atoms with Gasteiger partial charge in [0.2, 0.25) is 0 Å². The zero-order chi connectivity index (χ0) is 12.1. The summed E-state index contributed by atoms with van der Waals surface area (Å²) in [5.74, 6) is 3.87. The Morgan fingerprint density at radius 1 is 1.00 bits per heavy atom. The molecule has 0 amide bonds. The first-order valence-electron chi connectivity index (χ1n) is 7.16. The third-order valence-corrected chi connectivity index (χ3v) is 5.51. The van der Waals surface area contributed by atoms with E-state index >= 15 is 0 Å². The number of aromatic nitrogens is 1. The maximum atomic E-state index is 5.84. The van der Waals surface area contributed by atoms with Gasteiger partial charge in [0.1, 0.15) is 5.15 Å². The predicted octanol–water partition coefficient (Wildman–Crippen LogP) is 3.97. The second-order valence-corrected chi connectivity index (χ2v) is 6.86. The quantitative estimate of drug-likeness (QED) is 0.816. The number of hydrogen-bond donors (Lipinski definition) is 1. The summed E-state index contributed by atoms with van der Waals surface area (Å²) in [5, 5.41) is 4.30. The van der Waals surface area contributed by atoms with Crippen LogP contribution in [-0.2, 0) is 0 Å². The fourth-order valence-corrected chi connectivity index (χ4v) is 4.93. The Balaban J connectivity index is 1.53. The lowest BCUT2D eigenvalue weighted by molar-refractivity contribution is 0.00753. The van der Waals surface area contributed by atoms with Gasteiger partial charge < -0.3 is 5.32 Å². The lowest BCUT2D eigenvalue weighted by Gasteiger charge is -2.54. The van der Waals surface area contributed by atoms with Crippen LogP contribution in [0.3, 0.4) is 0 Å². The van der Waals surface area contributed by atoms with Crippen LogP contribution in [0.25, 0.3) is 0 Å². The van der Waals surface area contributed by atoms with E-state index in [1.54, 1.807) is 0 Å². The van der Waals surface area contributed by atoms with E-state index in [1.807, 2.05) is 12.3 Å². The van der Waals surface area contributed by atoms with Crippen LogP contribution in [0.15, 0.2) is 18.3 Å². The van der Waals surface area contributed by atoms with Crippen molar-refractivity contribution in [1.29, 1.82) is 0 Å². The average molecular weight is 263 g/mol. The Kier molecular flexibility index (Phi) is 2.54. The van der Waals surface area contributed by atoms with E-state index in [1.165, 1.54) is 32.1 Å². The molecule has 0 aromatic carbocycles. The Morgan fingerprint density at radius 3 is 2.22 bits per heavy atom. The van der Waals surface area contributed by atoms with E-state index < -0.39 is 0 Å². The summed E-state index contributed by atoms with van der Waals surface area (Å²) in [7, 11) is 0. The van der Waals surface area contributed by atoms with Crippen molar-refractivity contribution in [3.63, 3.8) is 0 Å². The predicted molar refractivity (Wildman–Crippen MR) is 73.7 cm³/mol. The lowest BCUT2D eigenvalue weighted by atomic mass is 9.54. The first kappa shape index (κ1) is 11.1. The van der Waals surface area contributed by atoms with E-state index in [-0.39, 0.29) is 0 Å². The van der Waals surface area contributed by atoms with Crippen molar-refractivity contribution in [1.82, 2.24) is 4.98 Å². The zero-order valence-corrected chi connectivity index (χ0v) is 11.2. The number of rotatable bonds is 2. The molecule has 1 aromatic rings. The monoisotopic (exact) mass is 262 g/mol. The van der Waals surface area contributed by atoms with E-state index in [2.05, 4.69) is 16.4 Å². The van der Waals surface area contributed by atoms with Crippen LogP contribution >= 0.6 is 11.6 Å². The molecule has 4 fully saturated rings. The van der Waals surface area contributed by atoms with Gasteiger partial charge in [-0.1, -0.05) is 11.6 Å². The summed E-state index contributed by atoms with van der Waals surface area (Å²) < 4.78 is 0. The topological polar surface area (TPSA) is 24.9 Å². The molecule has 96 valence electrons. The van der Waals surface area contributed by atoms with Crippen molar-refractivity contribution in [2.75, 3.05) is 5.32 Å². The van der Waals surface area contributed by atoms with Crippen molar-refractivity contribution in [3.8, 4) is 0 Å². The van der Waals surface area contributed by atoms with Gasteiger partial charge in [0.15, 0.2) is 0 Å². The molecule has 1 aromatic heterocycles. The number of nitrogens with zero attached hydrogens (tertiary/aromatic N) is 1. The molecule has 1 heterocycles. The molecule has 0 radical (unpaired) electrons. The normalized spacial score (nSPS) is 41.1. The molecule has 1 N–H and O–H groups in total. The summed E-state index contributed by atoms with van der Waals surface area (Å²) >= 11 is 5.84. The highest BCUT2D eigenvalue weighted by atomic mass is 35.5. The van der Waals surface area contributed by atoms with Gasteiger partial charge in [-0.05, 0) is 67.9 Å². The van der Waals surface area contributed by atoms with E-state index in [9.17, 15) is 0 Å². The summed E-state index contributed by atoms with van der Waals surface area (Å²) in [6, 6.07) is 4.61. The minimum absolute atomic E-state index is 0.575. The second-order valence-electron chi connectivity index (χ2n) is 6.47. The van der Waals surface area contributed by atoms with Gasteiger partial charge in [-0.2, -0.15) is 0 Å². The highest BCUT2D eigenvalue weighted by Crippen LogP contribution is 2.54. The third kappa shape index (κ3) is 1.82. The second kappa shape index (κ2) is 4.12. The average Bonchev–Trinajstić information content (AvgIpc) is 2.35. The van der Waals surface area contributed by atoms with Gasteiger partial charge >= 0.3 is 0 Å². The zero-order valence-electron chi connectivity index (χ0n) is 10.5. The molecule has 5 rings (SSSR count). The number of pyridine rings is 1. The molecule has 18 heavy (non-hydrogen) atoms. The number of halogens is 1. The molecule has 0 spiro atoms. The molecule has 0 aliphatic heterocycles. The van der Waals surface area contributed by atoms with Crippen molar-refractivity contribution < 1.29 is 0 Å². The molecular formula is C15H19ClN2. The standard InChI is InChI=1S/C15H19ClN2/c16-14-2-1-13(8-17-14)18-15-11-4-9-3-10(6-11)7-12(15)5-9/h1-2,8-12,15,18H,3-7H2. The Morgan fingerprint density at radius 2 is 1.67 bits per heavy atom. The third-order valence-electron chi connectivity index (χ3n) is 5.29. The van der Waals surface area contributed by atoms with Crippen LogP contribution in [0.4, 0.5) is 5.69 Å². The van der Waals surface area contributed by atoms with E-state index in [0.717, 1.165) is 29.4 Å². The van der Waals surface area contributed by atoms with Crippen molar-refractivity contribution in [2.24, 2.45) is 23.7 Å². The molecule has 4 saturated carbocycles. The Hall–Kier alpha value is -0.760. The molecule has 0 saturated heterocycles. The number of nitrogens with one attached hydrogen (secondary N) is 1. The van der Waals surface area contributed by atoms with Gasteiger partial charge in [0.25, 0.3) is 0 Å². The molecule has 4 aliphatic carbocycles. The first-order valence-corrected chi connectivity index (χ1v) is 7.54. The van der Waals surface area contributed by atoms with E-state index in [4.69, 9.17) is 11.6 Å². The van der Waals surface area contributed by atoms with Crippen LogP contribution in [0, 0.1) is 23.7 Å². The molecule has 0 unspecified atom stereocenters. The SMILES string of the molecule is Clc1ccc(NC2C3CC4CC(C3)CC2C4)cn1. The van der Waals surface area contributed by atoms with Gasteiger partial charge in [0, 0.05) is 6.04 Å². The van der Waals surface area contributed by atoms with Crippen LogP contribution < -0.4 is 5.32 Å². The van der Waals surface area contributed by atoms with Crippen LogP contribution in [0.1, 0.15) is 32.1 Å². The molecule has 0 atom stereocenters. The molecular weight excluding hydrogens is 244 g/mol. The maximum absolute atomic E-state index is 5.84. The summed E-state index contributed by atoms with van der Waals surface area (Å²) in [6.45, 7) is 0. The molecule has 4 aliphatic rings. The van der Waals surface area contributed by atoms with Gasteiger partial charge in [-0.25, -0.2) is 4.98 Å². The summed E-state index contributed by atoms with van der Waals surface area (Å²) in [6.07, 6.45) is 9.18. The Bertz CT molecular complexity index is 414. The van der Waals surface area contributed by atoms with Crippen LogP contribution in [0.5, 0.6) is 0 Å². The van der Waals surface area contributed by atoms with Gasteiger partial charge in [0.05, 0.1) is 11.9 Å². The maximum Gasteiger partial charge on any atom is 0.129 e. The van der Waals surface area contributed by atoms with Crippen LogP contribution in [0.2, 0.25) is 5.15 Å². The fraction of sp³-hybridized carbons (Fsp3) is 0.667. The lowest BCUT2D eigenvalue weighted by Crippen LogP contribution is -2.51. The fourth-order valence-electron chi connectivity index (χ4n) is 4.81. The number of hydrogen-bond acceptors (Lipinski definition) is 2. The van der Waals surface area contributed by atoms with Crippen molar-refractivity contribution in [3.05, 3.63) is 23.5 Å². The minimum atomic E-state index is 0.575. The van der Waals surface area contributed by atoms with E-state index in [0.29, 0.717) is 11.2 Å². The van der Waals surface area contributed by atoms with Crippen molar-refractivity contribution >= 4 is 17.3 Å². The molecule has 3 heteroatoms. The van der Waals surface area contributed by atoms with Crippen LogP contribution in [-0.4, -0.2) is 11.0 Å². The van der Waals surface area contributed by atoms with Gasteiger partial charge in [-0.3, -0.25) is 0 Å². The Labute approximate surface area is 113 Å². The largest absolute Gasteiger partial charge is 0.381 e. The smallest absolute Gasteiger partial charge is 0.129 e. The highest BCUT2D eigenvalue weighted by Gasteiger charge is 2.48. The molecule has 2 nitrogen and oxygen atoms in total. The van der Waals surface area contributed by atoms with Gasteiger partial charge in [-0.15, -0.1) is 0 Å². The number of anilines is 1.